The summed E-state index contributed by atoms with van der Waals surface area (Å²) in [7, 11) is 0. The lowest BCUT2D eigenvalue weighted by Gasteiger charge is -2.18. The highest BCUT2D eigenvalue weighted by atomic mass is 127. The third kappa shape index (κ3) is 3.57. The molecule has 2 aromatic carbocycles. The second-order valence-corrected chi connectivity index (χ2v) is 6.97. The fraction of sp³-hybridized carbons (Fsp3) is 0.0588. The van der Waals surface area contributed by atoms with Crippen molar-refractivity contribution in [2.45, 2.75) is 5.92 Å². The summed E-state index contributed by atoms with van der Waals surface area (Å²) in [6.07, 6.45) is 1.32. The second kappa shape index (κ2) is 7.43. The van der Waals surface area contributed by atoms with Crippen LogP contribution in [0.15, 0.2) is 49.1 Å². The van der Waals surface area contributed by atoms with Gasteiger partial charge in [0.1, 0.15) is 5.92 Å². The minimum atomic E-state index is -1.09. The van der Waals surface area contributed by atoms with Crippen LogP contribution in [0.25, 0.3) is 11.1 Å². The van der Waals surface area contributed by atoms with Crippen LogP contribution < -0.4 is 0 Å². The van der Waals surface area contributed by atoms with Crippen molar-refractivity contribution in [3.05, 3.63) is 67.3 Å². The molecule has 0 amide bonds. The van der Waals surface area contributed by atoms with Crippen molar-refractivity contribution in [3.63, 3.8) is 0 Å². The molecule has 4 nitrogen and oxygen atoms in total. The topological polar surface area (TPSA) is 74.6 Å². The van der Waals surface area contributed by atoms with E-state index in [1.807, 2.05) is 46.9 Å². The summed E-state index contributed by atoms with van der Waals surface area (Å²) < 4.78 is 1.37. The highest BCUT2D eigenvalue weighted by Gasteiger charge is 2.26. The molecule has 1 atom stereocenters. The zero-order valence-corrected chi connectivity index (χ0v) is 16.1. The van der Waals surface area contributed by atoms with Crippen LogP contribution in [0, 0.1) is 7.14 Å². The van der Waals surface area contributed by atoms with Gasteiger partial charge in [0.2, 0.25) is 0 Å². The standard InChI is InChI=1S/C17H12I2O4/c1-2-9(16(20)21)14-11(10-5-3-4-6-13(10)18)7-8-12(15(14)19)17(22)23/h2-9H,1H2,(H,20,21)(H,22,23). The van der Waals surface area contributed by atoms with Gasteiger partial charge in [-0.05, 0) is 74.0 Å². The molecule has 23 heavy (non-hydrogen) atoms. The SMILES string of the molecule is C=CC(C(=O)O)c1c(-c2ccccc2I)ccc(C(=O)O)c1I. The molecule has 0 heterocycles. The first-order valence-corrected chi connectivity index (χ1v) is 8.70. The minimum absolute atomic E-state index is 0.0865. The number of carboxylic acids is 2. The maximum atomic E-state index is 11.6. The van der Waals surface area contributed by atoms with Crippen LogP contribution in [0.1, 0.15) is 21.8 Å². The van der Waals surface area contributed by atoms with Gasteiger partial charge in [-0.2, -0.15) is 0 Å². The van der Waals surface area contributed by atoms with Crippen molar-refractivity contribution in [1.82, 2.24) is 0 Å². The van der Waals surface area contributed by atoms with Crippen LogP contribution in [0.5, 0.6) is 0 Å². The summed E-state index contributed by atoms with van der Waals surface area (Å²) in [5, 5.41) is 18.8. The quantitative estimate of drug-likeness (QED) is 0.434. The number of carboxylic acid groups (broad SMARTS) is 2. The van der Waals surface area contributed by atoms with E-state index in [1.165, 1.54) is 12.1 Å². The summed E-state index contributed by atoms with van der Waals surface area (Å²) in [6, 6.07) is 10.7. The predicted octanol–water partition coefficient (Wildman–Crippen LogP) is 4.62. The Morgan fingerprint density at radius 1 is 1.04 bits per heavy atom. The molecule has 0 saturated heterocycles. The number of hydrogen-bond donors (Lipinski definition) is 2. The molecule has 0 aromatic heterocycles. The van der Waals surface area contributed by atoms with Gasteiger partial charge >= 0.3 is 11.9 Å². The molecule has 0 aliphatic carbocycles. The van der Waals surface area contributed by atoms with E-state index in [1.54, 1.807) is 6.07 Å². The van der Waals surface area contributed by atoms with Gasteiger partial charge in [-0.1, -0.05) is 30.3 Å². The first-order chi connectivity index (χ1) is 10.9. The lowest BCUT2D eigenvalue weighted by Crippen LogP contribution is -2.14. The molecule has 2 rings (SSSR count). The first-order valence-electron chi connectivity index (χ1n) is 6.54. The van der Waals surface area contributed by atoms with Crippen molar-refractivity contribution < 1.29 is 19.8 Å². The molecule has 0 bridgehead atoms. The van der Waals surface area contributed by atoms with Gasteiger partial charge in [0, 0.05) is 7.14 Å². The van der Waals surface area contributed by atoms with Crippen LogP contribution in [-0.2, 0) is 4.79 Å². The summed E-state index contributed by atoms with van der Waals surface area (Å²) in [5.74, 6) is -3.13. The second-order valence-electron chi connectivity index (χ2n) is 4.72. The molecule has 0 aliphatic heterocycles. The fourth-order valence-electron chi connectivity index (χ4n) is 2.32. The molecular weight excluding hydrogens is 522 g/mol. The number of benzene rings is 2. The molecule has 6 heteroatoms. The van der Waals surface area contributed by atoms with Gasteiger partial charge < -0.3 is 10.2 Å². The summed E-state index contributed by atoms with van der Waals surface area (Å²) >= 11 is 4.07. The normalized spacial score (nSPS) is 11.7. The lowest BCUT2D eigenvalue weighted by molar-refractivity contribution is -0.137. The van der Waals surface area contributed by atoms with Crippen molar-refractivity contribution in [2.75, 3.05) is 0 Å². The number of aromatic carboxylic acids is 1. The number of carbonyl (C=O) groups is 2. The van der Waals surface area contributed by atoms with Crippen molar-refractivity contribution in [3.8, 4) is 11.1 Å². The molecule has 2 N–H and O–H groups in total. The molecule has 0 fully saturated rings. The molecule has 1 unspecified atom stereocenters. The Kier molecular flexibility index (Phi) is 5.79. The van der Waals surface area contributed by atoms with E-state index in [0.717, 1.165) is 9.13 Å². The molecule has 0 aliphatic rings. The maximum Gasteiger partial charge on any atom is 0.336 e. The van der Waals surface area contributed by atoms with Gasteiger partial charge in [-0.15, -0.1) is 6.58 Å². The molecule has 2 aromatic rings. The highest BCUT2D eigenvalue weighted by Crippen LogP contribution is 2.37. The monoisotopic (exact) mass is 534 g/mol. The Balaban J connectivity index is 2.85. The van der Waals surface area contributed by atoms with Crippen molar-refractivity contribution in [2.24, 2.45) is 0 Å². The summed E-state index contributed by atoms with van der Waals surface area (Å²) in [6.45, 7) is 3.60. The minimum Gasteiger partial charge on any atom is -0.481 e. The number of aliphatic carboxylic acids is 1. The smallest absolute Gasteiger partial charge is 0.336 e. The van der Waals surface area contributed by atoms with Crippen molar-refractivity contribution >= 4 is 57.1 Å². The predicted molar refractivity (Wildman–Crippen MR) is 105 cm³/mol. The molecule has 0 saturated carbocycles. The third-order valence-electron chi connectivity index (χ3n) is 3.39. The number of hydrogen-bond acceptors (Lipinski definition) is 2. The van der Waals surface area contributed by atoms with Crippen LogP contribution in [0.3, 0.4) is 0 Å². The molecular formula is C17H12I2O4. The van der Waals surface area contributed by atoms with E-state index in [4.69, 9.17) is 0 Å². The van der Waals surface area contributed by atoms with Gasteiger partial charge in [0.25, 0.3) is 0 Å². The Morgan fingerprint density at radius 2 is 1.70 bits per heavy atom. The number of halogens is 2. The van der Waals surface area contributed by atoms with Crippen molar-refractivity contribution in [1.29, 1.82) is 0 Å². The van der Waals surface area contributed by atoms with Gasteiger partial charge in [0.15, 0.2) is 0 Å². The maximum absolute atomic E-state index is 11.6. The average molecular weight is 534 g/mol. The molecule has 0 radical (unpaired) electrons. The zero-order chi connectivity index (χ0) is 17.1. The summed E-state index contributed by atoms with van der Waals surface area (Å²) in [4.78, 5) is 23.0. The van der Waals surface area contributed by atoms with Gasteiger partial charge in [-0.25, -0.2) is 4.79 Å². The number of rotatable bonds is 5. The van der Waals surface area contributed by atoms with E-state index in [9.17, 15) is 19.8 Å². The van der Waals surface area contributed by atoms with Crippen LogP contribution in [0.2, 0.25) is 0 Å². The third-order valence-corrected chi connectivity index (χ3v) is 5.49. The Morgan fingerprint density at radius 3 is 2.22 bits per heavy atom. The van der Waals surface area contributed by atoms with Crippen LogP contribution in [0.4, 0.5) is 0 Å². The van der Waals surface area contributed by atoms with Gasteiger partial charge in [-0.3, -0.25) is 4.79 Å². The van der Waals surface area contributed by atoms with Crippen LogP contribution >= 0.6 is 45.2 Å². The molecule has 0 spiro atoms. The van der Waals surface area contributed by atoms with Crippen LogP contribution in [-0.4, -0.2) is 22.2 Å². The highest BCUT2D eigenvalue weighted by molar-refractivity contribution is 14.1. The van der Waals surface area contributed by atoms with E-state index < -0.39 is 17.9 Å². The Bertz CT molecular complexity index is 799. The zero-order valence-electron chi connectivity index (χ0n) is 11.8. The Hall–Kier alpha value is -1.42. The first kappa shape index (κ1) is 17.9. The largest absolute Gasteiger partial charge is 0.481 e. The van der Waals surface area contributed by atoms with E-state index in [-0.39, 0.29) is 5.56 Å². The van der Waals surface area contributed by atoms with Gasteiger partial charge in [0.05, 0.1) is 5.56 Å². The average Bonchev–Trinajstić information content (AvgIpc) is 2.49. The Labute approximate surface area is 160 Å². The lowest BCUT2D eigenvalue weighted by atomic mass is 9.89. The molecule has 118 valence electrons. The fourth-order valence-corrected chi connectivity index (χ4v) is 4.03. The van der Waals surface area contributed by atoms with E-state index in [2.05, 4.69) is 29.2 Å². The van der Waals surface area contributed by atoms with E-state index >= 15 is 0 Å². The van der Waals surface area contributed by atoms with E-state index in [0.29, 0.717) is 14.7 Å². The summed E-state index contributed by atoms with van der Waals surface area (Å²) in [5.41, 5.74) is 2.11.